The van der Waals surface area contributed by atoms with Gasteiger partial charge in [0, 0.05) is 34.7 Å². The first-order valence-corrected chi connectivity index (χ1v) is 10.7. The zero-order chi connectivity index (χ0) is 22.1. The molecule has 2 atom stereocenters. The minimum Gasteiger partial charge on any atom is -0.478 e. The Hall–Kier alpha value is -2.54. The van der Waals surface area contributed by atoms with Crippen LogP contribution in [0.3, 0.4) is 0 Å². The van der Waals surface area contributed by atoms with Crippen LogP contribution in [-0.2, 0) is 0 Å². The van der Waals surface area contributed by atoms with Crippen LogP contribution in [0.25, 0.3) is 10.9 Å². The highest BCUT2D eigenvalue weighted by atomic mass is 35.5. The van der Waals surface area contributed by atoms with Gasteiger partial charge >= 0.3 is 5.97 Å². The topological polar surface area (TPSA) is 82.5 Å². The third-order valence-corrected chi connectivity index (χ3v) is 5.80. The summed E-state index contributed by atoms with van der Waals surface area (Å²) in [6, 6.07) is 13.4. The van der Waals surface area contributed by atoms with Crippen molar-refractivity contribution in [3.05, 3.63) is 64.7 Å². The number of hydrogen-bond acceptors (Lipinski definition) is 4. The number of amides is 1. The fourth-order valence-corrected chi connectivity index (χ4v) is 4.50. The highest BCUT2D eigenvalue weighted by Crippen LogP contribution is 2.30. The van der Waals surface area contributed by atoms with Crippen molar-refractivity contribution < 1.29 is 14.7 Å². The van der Waals surface area contributed by atoms with Crippen LogP contribution in [-0.4, -0.2) is 35.1 Å². The van der Waals surface area contributed by atoms with Crippen LogP contribution in [0.2, 0.25) is 5.02 Å². The Morgan fingerprint density at radius 3 is 2.39 bits per heavy atom. The molecular weight excluding hydrogens is 485 g/mol. The van der Waals surface area contributed by atoms with Gasteiger partial charge in [-0.15, -0.1) is 24.8 Å². The van der Waals surface area contributed by atoms with Gasteiger partial charge in [0.05, 0.1) is 11.1 Å². The second-order valence-corrected chi connectivity index (χ2v) is 8.82. The predicted molar refractivity (Wildman–Crippen MR) is 138 cm³/mol. The molecule has 0 bridgehead atoms. The van der Waals surface area contributed by atoms with E-state index in [0.717, 1.165) is 19.5 Å². The van der Waals surface area contributed by atoms with E-state index in [4.69, 9.17) is 16.6 Å². The number of nitrogens with zero attached hydrogens (tertiary/aromatic N) is 2. The summed E-state index contributed by atoms with van der Waals surface area (Å²) in [5.41, 5.74) is 1.67. The van der Waals surface area contributed by atoms with E-state index in [1.54, 1.807) is 48.5 Å². The molecule has 1 aliphatic heterocycles. The number of hydrogen-bond donors (Lipinski definition) is 2. The average Bonchev–Trinajstić information content (AvgIpc) is 2.72. The number of fused-ring (bicyclic) bond motifs is 1. The third kappa shape index (κ3) is 6.08. The molecule has 1 saturated heterocycles. The van der Waals surface area contributed by atoms with Crippen LogP contribution in [0, 0.1) is 11.8 Å². The van der Waals surface area contributed by atoms with E-state index >= 15 is 0 Å². The number of aromatic nitrogens is 1. The quantitative estimate of drug-likeness (QED) is 0.439. The van der Waals surface area contributed by atoms with Crippen molar-refractivity contribution >= 4 is 70.7 Å². The van der Waals surface area contributed by atoms with E-state index < -0.39 is 5.97 Å². The molecular formula is C24H26Cl3N3O3. The molecule has 33 heavy (non-hydrogen) atoms. The van der Waals surface area contributed by atoms with Crippen LogP contribution in [0.15, 0.2) is 48.5 Å². The summed E-state index contributed by atoms with van der Waals surface area (Å²) in [5, 5.41) is 13.6. The van der Waals surface area contributed by atoms with Gasteiger partial charge in [0.2, 0.25) is 0 Å². The molecule has 1 aliphatic rings. The van der Waals surface area contributed by atoms with Crippen LogP contribution >= 0.6 is 36.4 Å². The number of pyridine rings is 1. The molecule has 2 unspecified atom stereocenters. The first-order valence-electron chi connectivity index (χ1n) is 10.3. The van der Waals surface area contributed by atoms with E-state index in [9.17, 15) is 14.7 Å². The third-order valence-electron chi connectivity index (χ3n) is 5.56. The molecule has 0 saturated carbocycles. The lowest BCUT2D eigenvalue weighted by atomic mass is 9.92. The molecule has 176 valence electrons. The minimum absolute atomic E-state index is 0. The number of piperidine rings is 1. The van der Waals surface area contributed by atoms with Crippen molar-refractivity contribution in [2.24, 2.45) is 11.8 Å². The van der Waals surface area contributed by atoms with Gasteiger partial charge in [-0.1, -0.05) is 31.5 Å². The van der Waals surface area contributed by atoms with Crippen LogP contribution in [0.5, 0.6) is 0 Å². The van der Waals surface area contributed by atoms with E-state index in [-0.39, 0.29) is 36.3 Å². The molecule has 3 aromatic rings. The van der Waals surface area contributed by atoms with Gasteiger partial charge in [-0.05, 0) is 60.7 Å². The number of anilines is 2. The van der Waals surface area contributed by atoms with Crippen LogP contribution in [0.4, 0.5) is 11.5 Å². The van der Waals surface area contributed by atoms with Gasteiger partial charge in [-0.3, -0.25) is 4.79 Å². The molecule has 4 rings (SSSR count). The number of rotatable bonds is 4. The van der Waals surface area contributed by atoms with E-state index in [2.05, 4.69) is 24.1 Å². The predicted octanol–water partition coefficient (Wildman–Crippen LogP) is 6.16. The Balaban J connectivity index is 0.00000193. The number of halogens is 3. The molecule has 0 spiro atoms. The molecule has 6 nitrogen and oxygen atoms in total. The fourth-order valence-electron chi connectivity index (χ4n) is 4.31. The zero-order valence-electron chi connectivity index (χ0n) is 18.2. The largest absolute Gasteiger partial charge is 0.478 e. The number of benzene rings is 2. The molecule has 9 heteroatoms. The molecule has 2 N–H and O–H groups in total. The normalized spacial score (nSPS) is 17.6. The SMILES string of the molecule is CC1CC(C)CN(c2cc(C(=O)O)c3cc(NC(=O)c4cccc(Cl)c4)ccc3n2)C1.Cl.Cl. The summed E-state index contributed by atoms with van der Waals surface area (Å²) in [4.78, 5) is 31.5. The first kappa shape index (κ1) is 26.7. The van der Waals surface area contributed by atoms with Gasteiger partial charge in [-0.2, -0.15) is 0 Å². The number of carbonyl (C=O) groups excluding carboxylic acids is 1. The van der Waals surface area contributed by atoms with Gasteiger partial charge in [0.15, 0.2) is 0 Å². The van der Waals surface area contributed by atoms with Crippen molar-refractivity contribution in [3.8, 4) is 0 Å². The summed E-state index contributed by atoms with van der Waals surface area (Å²) < 4.78 is 0. The second kappa shape index (κ2) is 11.1. The molecule has 2 aromatic carbocycles. The molecule has 1 aromatic heterocycles. The van der Waals surface area contributed by atoms with E-state index in [1.165, 1.54) is 0 Å². The number of carboxylic acid groups (broad SMARTS) is 1. The summed E-state index contributed by atoms with van der Waals surface area (Å²) in [6.45, 7) is 6.12. The number of nitrogens with one attached hydrogen (secondary N) is 1. The van der Waals surface area contributed by atoms with Crippen LogP contribution < -0.4 is 10.2 Å². The van der Waals surface area contributed by atoms with Gasteiger partial charge in [-0.25, -0.2) is 9.78 Å². The summed E-state index contributed by atoms with van der Waals surface area (Å²) in [6.07, 6.45) is 1.16. The van der Waals surface area contributed by atoms with Crippen molar-refractivity contribution in [2.45, 2.75) is 20.3 Å². The lowest BCUT2D eigenvalue weighted by Crippen LogP contribution is -2.39. The smallest absolute Gasteiger partial charge is 0.336 e. The summed E-state index contributed by atoms with van der Waals surface area (Å²) >= 11 is 5.96. The average molecular weight is 511 g/mol. The fraction of sp³-hybridized carbons (Fsp3) is 0.292. The monoisotopic (exact) mass is 509 g/mol. The molecule has 1 fully saturated rings. The van der Waals surface area contributed by atoms with Gasteiger partial charge in [0.25, 0.3) is 5.91 Å². The Bertz CT molecular complexity index is 1160. The maximum absolute atomic E-state index is 12.5. The lowest BCUT2D eigenvalue weighted by molar-refractivity contribution is 0.0698. The molecule has 2 heterocycles. The molecule has 0 radical (unpaired) electrons. The van der Waals surface area contributed by atoms with Gasteiger partial charge < -0.3 is 15.3 Å². The maximum Gasteiger partial charge on any atom is 0.336 e. The lowest BCUT2D eigenvalue weighted by Gasteiger charge is -2.36. The van der Waals surface area contributed by atoms with E-state index in [0.29, 0.717) is 44.8 Å². The second-order valence-electron chi connectivity index (χ2n) is 8.38. The number of carbonyl (C=O) groups is 2. The Morgan fingerprint density at radius 2 is 1.76 bits per heavy atom. The highest BCUT2D eigenvalue weighted by molar-refractivity contribution is 6.31. The van der Waals surface area contributed by atoms with Crippen molar-refractivity contribution in [1.29, 1.82) is 0 Å². The highest BCUT2D eigenvalue weighted by Gasteiger charge is 2.24. The Labute approximate surface area is 210 Å². The molecule has 0 aliphatic carbocycles. The van der Waals surface area contributed by atoms with Crippen molar-refractivity contribution in [2.75, 3.05) is 23.3 Å². The zero-order valence-corrected chi connectivity index (χ0v) is 20.6. The standard InChI is InChI=1S/C24H24ClN3O3.2ClH/c1-14-8-15(2)13-28(12-14)22-11-20(24(30)31)19-10-18(6-7-21(19)27-22)26-23(29)16-4-3-5-17(25)9-16;;/h3-7,9-11,14-15H,8,12-13H2,1-2H3,(H,26,29)(H,30,31);2*1H. The Morgan fingerprint density at radius 1 is 1.06 bits per heavy atom. The molecule has 1 amide bonds. The number of carboxylic acids is 1. The van der Waals surface area contributed by atoms with Crippen molar-refractivity contribution in [1.82, 2.24) is 4.98 Å². The Kier molecular flexibility index (Phi) is 8.95. The van der Waals surface area contributed by atoms with Gasteiger partial charge in [0.1, 0.15) is 5.82 Å². The van der Waals surface area contributed by atoms with Crippen LogP contribution in [0.1, 0.15) is 41.0 Å². The van der Waals surface area contributed by atoms with Crippen molar-refractivity contribution in [3.63, 3.8) is 0 Å². The van der Waals surface area contributed by atoms with E-state index in [1.807, 2.05) is 0 Å². The maximum atomic E-state index is 12.5. The first-order chi connectivity index (χ1) is 14.8. The minimum atomic E-state index is -1.02. The summed E-state index contributed by atoms with van der Waals surface area (Å²) in [7, 11) is 0. The number of aromatic carboxylic acids is 1. The summed E-state index contributed by atoms with van der Waals surface area (Å²) in [5.74, 6) is 0.390.